The maximum absolute atomic E-state index is 10.9. The Hall–Kier alpha value is -2.58. The number of nitro groups is 1. The Labute approximate surface area is 160 Å². The topological polar surface area (TPSA) is 76.9 Å². The summed E-state index contributed by atoms with van der Waals surface area (Å²) in [5, 5.41) is 14.6. The fourth-order valence-electron chi connectivity index (χ4n) is 2.47. The lowest BCUT2D eigenvalue weighted by molar-refractivity contribution is -0.384. The number of non-ortho nitro benzene ring substituents is 1. The van der Waals surface area contributed by atoms with Gasteiger partial charge in [-0.05, 0) is 36.0 Å². The summed E-state index contributed by atoms with van der Waals surface area (Å²) in [6.07, 6.45) is 0. The first kappa shape index (κ1) is 18.2. The van der Waals surface area contributed by atoms with E-state index < -0.39 is 4.92 Å². The van der Waals surface area contributed by atoms with Gasteiger partial charge < -0.3 is 19.7 Å². The smallest absolute Gasteiger partial charge is 0.271 e. The van der Waals surface area contributed by atoms with E-state index in [1.807, 2.05) is 25.2 Å². The van der Waals surface area contributed by atoms with Crippen molar-refractivity contribution in [2.24, 2.45) is 0 Å². The second-order valence-electron chi connectivity index (χ2n) is 5.69. The Kier molecular flexibility index (Phi) is 5.43. The lowest BCUT2D eigenvalue weighted by Gasteiger charge is -2.23. The van der Waals surface area contributed by atoms with E-state index in [9.17, 15) is 10.1 Å². The number of ether oxygens (including phenoxy) is 2. The number of anilines is 1. The number of hydrogen-bond donors (Lipinski definition) is 1. The second kappa shape index (κ2) is 7.76. The van der Waals surface area contributed by atoms with Crippen LogP contribution in [0, 0.1) is 10.1 Å². The summed E-state index contributed by atoms with van der Waals surface area (Å²) in [6.45, 7) is 1.59. The van der Waals surface area contributed by atoms with Crippen molar-refractivity contribution in [3.05, 3.63) is 57.1 Å². The number of nitro benzene ring substituents is 1. The highest BCUT2D eigenvalue weighted by molar-refractivity contribution is 7.80. The van der Waals surface area contributed by atoms with Crippen molar-refractivity contribution in [2.75, 3.05) is 25.6 Å². The van der Waals surface area contributed by atoms with Gasteiger partial charge in [-0.25, -0.2) is 0 Å². The highest BCUT2D eigenvalue weighted by atomic mass is 35.5. The molecule has 0 saturated carbocycles. The Balaban J connectivity index is 1.68. The van der Waals surface area contributed by atoms with Gasteiger partial charge in [0.25, 0.3) is 5.69 Å². The molecule has 136 valence electrons. The Bertz CT molecular complexity index is 862. The van der Waals surface area contributed by atoms with Crippen LogP contribution in [0.25, 0.3) is 0 Å². The van der Waals surface area contributed by atoms with Gasteiger partial charge in [0.2, 0.25) is 0 Å². The van der Waals surface area contributed by atoms with Crippen LogP contribution in [0.5, 0.6) is 11.5 Å². The predicted octanol–water partition coefficient (Wildman–Crippen LogP) is 3.85. The number of thiocarbonyl (C=S) groups is 1. The van der Waals surface area contributed by atoms with Gasteiger partial charge in [0.05, 0.1) is 15.6 Å². The molecule has 0 radical (unpaired) electrons. The number of nitrogens with zero attached hydrogens (tertiary/aromatic N) is 2. The molecule has 0 amide bonds. The van der Waals surface area contributed by atoms with Gasteiger partial charge in [0, 0.05) is 25.7 Å². The minimum atomic E-state index is -0.483. The molecule has 1 heterocycles. The molecule has 0 saturated heterocycles. The van der Waals surface area contributed by atoms with E-state index in [1.165, 1.54) is 18.2 Å². The number of benzene rings is 2. The van der Waals surface area contributed by atoms with E-state index in [0.29, 0.717) is 41.3 Å². The zero-order valence-corrected chi connectivity index (χ0v) is 15.5. The Morgan fingerprint density at radius 2 is 2.00 bits per heavy atom. The summed E-state index contributed by atoms with van der Waals surface area (Å²) in [5.41, 5.74) is 1.32. The largest absolute Gasteiger partial charge is 0.486 e. The summed E-state index contributed by atoms with van der Waals surface area (Å²) < 4.78 is 11.1. The van der Waals surface area contributed by atoms with Crippen LogP contribution in [0.2, 0.25) is 5.02 Å². The van der Waals surface area contributed by atoms with Gasteiger partial charge in [-0.15, -0.1) is 0 Å². The average Bonchev–Trinajstić information content (AvgIpc) is 2.63. The fraction of sp³-hybridized carbons (Fsp3) is 0.235. The first-order valence-corrected chi connectivity index (χ1v) is 8.57. The number of hydrogen-bond acceptors (Lipinski definition) is 5. The molecule has 1 aliphatic heterocycles. The summed E-state index contributed by atoms with van der Waals surface area (Å²) in [7, 11) is 1.82. The number of halogens is 1. The molecule has 26 heavy (non-hydrogen) atoms. The molecule has 0 bridgehead atoms. The van der Waals surface area contributed by atoms with Crippen molar-refractivity contribution >= 4 is 40.3 Å². The van der Waals surface area contributed by atoms with Gasteiger partial charge >= 0.3 is 0 Å². The molecule has 2 aromatic carbocycles. The average molecular weight is 394 g/mol. The summed E-state index contributed by atoms with van der Waals surface area (Å²) >= 11 is 11.5. The minimum absolute atomic E-state index is 0.0609. The van der Waals surface area contributed by atoms with E-state index in [2.05, 4.69) is 5.32 Å². The lowest BCUT2D eigenvalue weighted by Crippen LogP contribution is -2.30. The van der Waals surface area contributed by atoms with Crippen LogP contribution in [0.1, 0.15) is 5.56 Å². The minimum Gasteiger partial charge on any atom is -0.486 e. The molecule has 1 N–H and O–H groups in total. The molecule has 0 unspecified atom stereocenters. The maximum Gasteiger partial charge on any atom is 0.271 e. The van der Waals surface area contributed by atoms with Gasteiger partial charge in [-0.3, -0.25) is 10.1 Å². The third-order valence-electron chi connectivity index (χ3n) is 3.78. The van der Waals surface area contributed by atoms with Crippen molar-refractivity contribution < 1.29 is 14.4 Å². The van der Waals surface area contributed by atoms with Crippen LogP contribution in [-0.2, 0) is 6.54 Å². The quantitative estimate of drug-likeness (QED) is 0.480. The van der Waals surface area contributed by atoms with Crippen molar-refractivity contribution in [3.8, 4) is 11.5 Å². The number of nitrogens with one attached hydrogen (secondary N) is 1. The Morgan fingerprint density at radius 3 is 2.73 bits per heavy atom. The first-order chi connectivity index (χ1) is 12.4. The molecule has 1 aliphatic rings. The molecule has 0 aliphatic carbocycles. The van der Waals surface area contributed by atoms with Crippen LogP contribution in [0.15, 0.2) is 36.4 Å². The van der Waals surface area contributed by atoms with Crippen molar-refractivity contribution in [2.45, 2.75) is 6.54 Å². The van der Waals surface area contributed by atoms with E-state index in [-0.39, 0.29) is 5.69 Å². The molecule has 3 rings (SSSR count). The summed E-state index contributed by atoms with van der Waals surface area (Å²) in [5.74, 6) is 1.44. The molecular weight excluding hydrogens is 378 g/mol. The molecule has 0 atom stereocenters. The van der Waals surface area contributed by atoms with Crippen LogP contribution in [0.4, 0.5) is 11.4 Å². The third-order valence-corrected chi connectivity index (χ3v) is 4.52. The third kappa shape index (κ3) is 4.14. The highest BCUT2D eigenvalue weighted by Gasteiger charge is 2.15. The number of fused-ring (bicyclic) bond motifs is 1. The Morgan fingerprint density at radius 1 is 1.27 bits per heavy atom. The van der Waals surface area contributed by atoms with Gasteiger partial charge in [0.1, 0.15) is 13.2 Å². The first-order valence-electron chi connectivity index (χ1n) is 7.78. The van der Waals surface area contributed by atoms with Crippen LogP contribution in [-0.4, -0.2) is 35.2 Å². The van der Waals surface area contributed by atoms with Gasteiger partial charge in [-0.1, -0.05) is 17.7 Å². The van der Waals surface area contributed by atoms with E-state index in [4.69, 9.17) is 33.3 Å². The fourth-order valence-corrected chi connectivity index (χ4v) is 2.80. The SMILES string of the molecule is CN(Cc1ccc2c(c1)OCCO2)C(=S)Nc1cc([N+](=O)[O-])ccc1Cl. The maximum atomic E-state index is 10.9. The van der Waals surface area contributed by atoms with Crippen LogP contribution >= 0.6 is 23.8 Å². The van der Waals surface area contributed by atoms with Gasteiger partial charge in [0.15, 0.2) is 16.6 Å². The predicted molar refractivity (Wildman–Crippen MR) is 103 cm³/mol. The zero-order valence-electron chi connectivity index (χ0n) is 13.9. The molecule has 0 spiro atoms. The standard InChI is InChI=1S/C17H16ClN3O4S/c1-20(10-11-2-5-15-16(8-11)25-7-6-24-15)17(26)19-14-9-12(21(22)23)3-4-13(14)18/h2-5,8-9H,6-7,10H2,1H3,(H,19,26). The monoisotopic (exact) mass is 393 g/mol. The lowest BCUT2D eigenvalue weighted by atomic mass is 10.2. The molecule has 0 fully saturated rings. The van der Waals surface area contributed by atoms with E-state index in [1.54, 1.807) is 4.90 Å². The van der Waals surface area contributed by atoms with Crippen LogP contribution in [0.3, 0.4) is 0 Å². The molecule has 9 heteroatoms. The van der Waals surface area contributed by atoms with Crippen molar-refractivity contribution in [1.29, 1.82) is 0 Å². The summed E-state index contributed by atoms with van der Waals surface area (Å²) in [4.78, 5) is 12.2. The molecule has 7 nitrogen and oxygen atoms in total. The van der Waals surface area contributed by atoms with Crippen molar-refractivity contribution in [1.82, 2.24) is 4.90 Å². The van der Waals surface area contributed by atoms with E-state index in [0.717, 1.165) is 11.3 Å². The van der Waals surface area contributed by atoms with E-state index >= 15 is 0 Å². The molecule has 0 aromatic heterocycles. The summed E-state index contributed by atoms with van der Waals surface area (Å²) in [6, 6.07) is 9.87. The van der Waals surface area contributed by atoms with Crippen molar-refractivity contribution in [3.63, 3.8) is 0 Å². The molecule has 2 aromatic rings. The molecular formula is C17H16ClN3O4S. The zero-order chi connectivity index (χ0) is 18.7. The van der Waals surface area contributed by atoms with Gasteiger partial charge in [-0.2, -0.15) is 0 Å². The highest BCUT2D eigenvalue weighted by Crippen LogP contribution is 2.31. The normalized spacial score (nSPS) is 12.4. The number of rotatable bonds is 4. The second-order valence-corrected chi connectivity index (χ2v) is 6.48. The van der Waals surface area contributed by atoms with Crippen LogP contribution < -0.4 is 14.8 Å².